The molecule has 2 fully saturated rings. The Morgan fingerprint density at radius 2 is 2.00 bits per heavy atom. The molecule has 0 N–H and O–H groups in total. The van der Waals surface area contributed by atoms with Crippen molar-refractivity contribution >= 4 is 11.9 Å². The molecule has 2 bridgehead atoms. The number of hydrogen-bond acceptors (Lipinski definition) is 4. The van der Waals surface area contributed by atoms with Crippen molar-refractivity contribution in [1.82, 2.24) is 4.90 Å². The van der Waals surface area contributed by atoms with Crippen LogP contribution in [0.4, 0.5) is 0 Å². The zero-order valence-corrected chi connectivity index (χ0v) is 19.2. The molecular weight excluding hydrogens is 398 g/mol. The fraction of sp³-hybridized carbons (Fsp3) is 0.464. The van der Waals surface area contributed by atoms with Gasteiger partial charge in [0.25, 0.3) is 0 Å². The summed E-state index contributed by atoms with van der Waals surface area (Å²) in [5, 5.41) is 0. The first-order valence-corrected chi connectivity index (χ1v) is 11.8. The van der Waals surface area contributed by atoms with Gasteiger partial charge in [0.2, 0.25) is 0 Å². The molecule has 2 aliphatic heterocycles. The van der Waals surface area contributed by atoms with E-state index in [0.29, 0.717) is 12.5 Å². The number of methoxy groups -OCH3 is 1. The van der Waals surface area contributed by atoms with Gasteiger partial charge in [-0.3, -0.25) is 4.79 Å². The molecule has 2 aromatic carbocycles. The van der Waals surface area contributed by atoms with Gasteiger partial charge in [-0.15, -0.1) is 0 Å². The summed E-state index contributed by atoms with van der Waals surface area (Å²) in [5.74, 6) is 1.82. The predicted molar refractivity (Wildman–Crippen MR) is 125 cm³/mol. The molecule has 2 aromatic rings. The molecule has 1 spiro atoms. The van der Waals surface area contributed by atoms with E-state index in [1.807, 2.05) is 6.07 Å². The lowest BCUT2D eigenvalue weighted by molar-refractivity contribution is -0.174. The summed E-state index contributed by atoms with van der Waals surface area (Å²) < 4.78 is 12.4. The van der Waals surface area contributed by atoms with Crippen LogP contribution in [0.3, 0.4) is 0 Å². The molecule has 2 aliphatic carbocycles. The topological polar surface area (TPSA) is 38.8 Å². The van der Waals surface area contributed by atoms with Crippen molar-refractivity contribution in [1.29, 1.82) is 0 Å². The zero-order valence-electron chi connectivity index (χ0n) is 19.2. The van der Waals surface area contributed by atoms with Crippen molar-refractivity contribution in [2.45, 2.75) is 56.1 Å². The van der Waals surface area contributed by atoms with Gasteiger partial charge in [0.1, 0.15) is 0 Å². The molecule has 6 rings (SSSR count). The molecule has 1 saturated carbocycles. The van der Waals surface area contributed by atoms with Crippen LogP contribution >= 0.6 is 0 Å². The second kappa shape index (κ2) is 6.71. The smallest absolute Gasteiger partial charge is 0.177 e. The van der Waals surface area contributed by atoms with Crippen LogP contribution in [0.25, 0.3) is 6.08 Å². The van der Waals surface area contributed by atoms with Crippen molar-refractivity contribution in [3.05, 3.63) is 65.2 Å². The number of piperidine rings is 1. The van der Waals surface area contributed by atoms with Crippen molar-refractivity contribution in [3.8, 4) is 11.5 Å². The quantitative estimate of drug-likeness (QED) is 0.700. The normalized spacial score (nSPS) is 35.0. The minimum absolute atomic E-state index is 0.0431. The Balaban J connectivity index is 1.57. The number of ether oxygens (including phenoxy) is 2. The monoisotopic (exact) mass is 429 g/mol. The Labute approximate surface area is 190 Å². The summed E-state index contributed by atoms with van der Waals surface area (Å²) in [6.45, 7) is 3.05. The van der Waals surface area contributed by atoms with Gasteiger partial charge in [-0.05, 0) is 63.4 Å². The molecule has 0 aromatic heterocycles. The summed E-state index contributed by atoms with van der Waals surface area (Å²) >= 11 is 0. The van der Waals surface area contributed by atoms with Gasteiger partial charge in [0.05, 0.1) is 12.5 Å². The zero-order chi connectivity index (χ0) is 22.1. The molecule has 1 saturated heterocycles. The number of Topliss-reactive ketones (excluding diaryl/α,β-unsaturated/α-hetero) is 1. The largest absolute Gasteiger partial charge is 0.493 e. The Morgan fingerprint density at radius 3 is 2.78 bits per heavy atom. The number of hydrogen-bond donors (Lipinski definition) is 0. The molecular formula is C28H31NO3. The number of nitrogens with zero attached hydrogens (tertiary/aromatic N) is 1. The third-order valence-electron chi connectivity index (χ3n) is 9.17. The van der Waals surface area contributed by atoms with Crippen LogP contribution in [0, 0.1) is 5.41 Å². The number of carbonyl (C=O) groups excluding carboxylic acids is 1. The maximum Gasteiger partial charge on any atom is 0.177 e. The Hall–Kier alpha value is -2.59. The lowest BCUT2D eigenvalue weighted by Gasteiger charge is -2.67. The number of likely N-dealkylation sites (tertiary alicyclic amines) is 1. The van der Waals surface area contributed by atoms with Crippen molar-refractivity contribution in [3.63, 3.8) is 0 Å². The average molecular weight is 430 g/mol. The third-order valence-corrected chi connectivity index (χ3v) is 9.17. The van der Waals surface area contributed by atoms with E-state index < -0.39 is 5.60 Å². The number of rotatable bonds is 4. The molecule has 4 heteroatoms. The number of ketones is 1. The Kier molecular flexibility index (Phi) is 4.20. The first kappa shape index (κ1) is 20.0. The Morgan fingerprint density at radius 1 is 1.19 bits per heavy atom. The van der Waals surface area contributed by atoms with Crippen molar-refractivity contribution in [2.75, 3.05) is 20.7 Å². The molecule has 0 unspecified atom stereocenters. The maximum atomic E-state index is 13.6. The van der Waals surface area contributed by atoms with Gasteiger partial charge in [-0.25, -0.2) is 0 Å². The van der Waals surface area contributed by atoms with E-state index in [1.54, 1.807) is 7.11 Å². The fourth-order valence-corrected chi connectivity index (χ4v) is 7.77. The molecule has 0 radical (unpaired) electrons. The van der Waals surface area contributed by atoms with E-state index in [-0.39, 0.29) is 16.6 Å². The van der Waals surface area contributed by atoms with Crippen LogP contribution in [0.1, 0.15) is 49.3 Å². The number of benzene rings is 2. The summed E-state index contributed by atoms with van der Waals surface area (Å²) in [6, 6.07) is 15.1. The summed E-state index contributed by atoms with van der Waals surface area (Å²) in [5.41, 5.74) is 2.63. The number of allylic oxidation sites excluding steroid dienone is 1. The van der Waals surface area contributed by atoms with E-state index in [9.17, 15) is 4.79 Å². The van der Waals surface area contributed by atoms with Gasteiger partial charge < -0.3 is 14.4 Å². The highest BCUT2D eigenvalue weighted by Crippen LogP contribution is 2.72. The highest BCUT2D eigenvalue weighted by molar-refractivity contribution is 5.93. The van der Waals surface area contributed by atoms with Crippen LogP contribution in [0.2, 0.25) is 0 Å². The second-order valence-corrected chi connectivity index (χ2v) is 10.2. The van der Waals surface area contributed by atoms with E-state index in [0.717, 1.165) is 43.7 Å². The van der Waals surface area contributed by atoms with Crippen molar-refractivity contribution in [2.24, 2.45) is 5.41 Å². The summed E-state index contributed by atoms with van der Waals surface area (Å²) in [4.78, 5) is 16.1. The minimum Gasteiger partial charge on any atom is -0.493 e. The van der Waals surface area contributed by atoms with Crippen LogP contribution in [0.15, 0.2) is 48.5 Å². The molecule has 2 heterocycles. The summed E-state index contributed by atoms with van der Waals surface area (Å²) in [6.07, 6.45) is 8.96. The van der Waals surface area contributed by atoms with E-state index in [1.165, 1.54) is 16.7 Å². The second-order valence-electron chi connectivity index (χ2n) is 10.2. The molecule has 4 atom stereocenters. The van der Waals surface area contributed by atoms with Gasteiger partial charge in [0.15, 0.2) is 22.9 Å². The lowest BCUT2D eigenvalue weighted by atomic mass is 9.39. The molecule has 4 nitrogen and oxygen atoms in total. The molecule has 0 amide bonds. The van der Waals surface area contributed by atoms with Gasteiger partial charge in [-0.2, -0.15) is 0 Å². The van der Waals surface area contributed by atoms with E-state index in [4.69, 9.17) is 9.47 Å². The predicted octanol–water partition coefficient (Wildman–Crippen LogP) is 4.80. The Bertz CT molecular complexity index is 1120. The van der Waals surface area contributed by atoms with Crippen LogP contribution in [-0.2, 0) is 16.6 Å². The maximum absolute atomic E-state index is 13.6. The SMILES string of the molecule is COc1ccc2c3c1O[C@@]1(C)C(=O)CC[C@@]4(C/C=C/c5ccccc5)[C@@H](C2)N(C)CC[C@@]341. The highest BCUT2D eigenvalue weighted by Gasteiger charge is 2.77. The molecule has 166 valence electrons. The van der Waals surface area contributed by atoms with Crippen LogP contribution in [-0.4, -0.2) is 43.0 Å². The van der Waals surface area contributed by atoms with E-state index >= 15 is 0 Å². The van der Waals surface area contributed by atoms with Crippen LogP contribution < -0.4 is 9.47 Å². The lowest BCUT2D eigenvalue weighted by Crippen LogP contribution is -2.75. The van der Waals surface area contributed by atoms with Gasteiger partial charge in [-0.1, -0.05) is 48.6 Å². The van der Waals surface area contributed by atoms with Gasteiger partial charge in [0, 0.05) is 23.4 Å². The molecule has 32 heavy (non-hydrogen) atoms. The standard InChI is InChI=1S/C28H31NO3/c1-26-23(30)13-15-27(14-7-10-19-8-5-4-6-9-19)22-18-20-11-12-21(31-3)25(32-26)24(20)28(26,27)16-17-29(22)2/h4-12,22H,13-18H2,1-3H3/b10-7+/t22-,26+,27+,28+/m1/s1. The van der Waals surface area contributed by atoms with Crippen molar-refractivity contribution < 1.29 is 14.3 Å². The summed E-state index contributed by atoms with van der Waals surface area (Å²) in [7, 11) is 3.96. The molecule has 4 aliphatic rings. The average Bonchev–Trinajstić information content (AvgIpc) is 3.09. The van der Waals surface area contributed by atoms with Crippen LogP contribution in [0.5, 0.6) is 11.5 Å². The highest BCUT2D eigenvalue weighted by atomic mass is 16.5. The first-order valence-electron chi connectivity index (χ1n) is 11.8. The third kappa shape index (κ3) is 2.24. The number of carbonyl (C=O) groups is 1. The fourth-order valence-electron chi connectivity index (χ4n) is 7.77. The minimum atomic E-state index is -0.836. The number of likely N-dealkylation sites (N-methyl/N-ethyl adjacent to an activating group) is 1. The first-order chi connectivity index (χ1) is 15.5. The van der Waals surface area contributed by atoms with Gasteiger partial charge >= 0.3 is 0 Å². The van der Waals surface area contributed by atoms with E-state index in [2.05, 4.69) is 67.4 Å².